The molecule has 0 spiro atoms. The third-order valence-corrected chi connectivity index (χ3v) is 6.22. The summed E-state index contributed by atoms with van der Waals surface area (Å²) in [5.41, 5.74) is 4.06. The Morgan fingerprint density at radius 2 is 1.00 bits per heavy atom. The molecule has 40 heavy (non-hydrogen) atoms. The van der Waals surface area contributed by atoms with E-state index in [1.807, 2.05) is 60.7 Å². The summed E-state index contributed by atoms with van der Waals surface area (Å²) in [5, 5.41) is 10.8. The molecular formula is C30H34N4O6. The van der Waals surface area contributed by atoms with E-state index in [1.54, 1.807) is 26.0 Å². The largest absolute Gasteiger partial charge is 0.467 e. The van der Waals surface area contributed by atoms with Gasteiger partial charge in [0.05, 0.1) is 14.2 Å². The van der Waals surface area contributed by atoms with Crippen LogP contribution >= 0.6 is 0 Å². The third-order valence-electron chi connectivity index (χ3n) is 6.22. The lowest BCUT2D eigenvalue weighted by atomic mass is 10.1. The number of hydrogen-bond donors (Lipinski definition) is 4. The first-order valence-corrected chi connectivity index (χ1v) is 12.7. The van der Waals surface area contributed by atoms with Crippen LogP contribution in [0.25, 0.3) is 0 Å². The topological polar surface area (TPSA) is 135 Å². The predicted molar refractivity (Wildman–Crippen MR) is 152 cm³/mol. The molecule has 3 aromatic rings. The number of methoxy groups -OCH3 is 2. The van der Waals surface area contributed by atoms with Crippen LogP contribution in [0, 0.1) is 13.8 Å². The fraction of sp³-hybridized carbons (Fsp3) is 0.267. The van der Waals surface area contributed by atoms with E-state index in [0.29, 0.717) is 11.4 Å². The Labute approximate surface area is 233 Å². The van der Waals surface area contributed by atoms with Crippen molar-refractivity contribution in [1.29, 1.82) is 0 Å². The summed E-state index contributed by atoms with van der Waals surface area (Å²) in [6.07, 6.45) is 0.510. The average molecular weight is 547 g/mol. The van der Waals surface area contributed by atoms with Crippen LogP contribution in [0.4, 0.5) is 21.0 Å². The zero-order valence-corrected chi connectivity index (χ0v) is 22.9. The molecule has 0 radical (unpaired) electrons. The quantitative estimate of drug-likeness (QED) is 0.283. The van der Waals surface area contributed by atoms with Crippen molar-refractivity contribution in [3.8, 4) is 0 Å². The van der Waals surface area contributed by atoms with Crippen molar-refractivity contribution in [2.45, 2.75) is 38.8 Å². The Balaban J connectivity index is 1.69. The predicted octanol–water partition coefficient (Wildman–Crippen LogP) is 4.12. The first-order valence-electron chi connectivity index (χ1n) is 12.7. The Hall–Kier alpha value is -4.86. The van der Waals surface area contributed by atoms with Crippen molar-refractivity contribution < 1.29 is 28.7 Å². The Morgan fingerprint density at radius 3 is 1.35 bits per heavy atom. The van der Waals surface area contributed by atoms with Crippen molar-refractivity contribution in [3.05, 3.63) is 95.1 Å². The van der Waals surface area contributed by atoms with E-state index in [4.69, 9.17) is 9.47 Å². The number of hydrogen-bond acceptors (Lipinski definition) is 6. The van der Waals surface area contributed by atoms with Crippen LogP contribution in [0.5, 0.6) is 0 Å². The molecule has 0 aliphatic heterocycles. The number of amides is 4. The molecule has 10 nitrogen and oxygen atoms in total. The SMILES string of the molecule is COC(=O)C(Cc1ccccc1)NC(=O)Nc1cc(NC(=O)N[C@@H](Cc2ccccc2)C(=O)OC)c(C)cc1C. The van der Waals surface area contributed by atoms with Gasteiger partial charge < -0.3 is 30.7 Å². The maximum absolute atomic E-state index is 12.9. The molecular weight excluding hydrogens is 512 g/mol. The van der Waals surface area contributed by atoms with E-state index >= 15 is 0 Å². The molecule has 3 aromatic carbocycles. The maximum atomic E-state index is 12.9. The molecule has 0 aromatic heterocycles. The summed E-state index contributed by atoms with van der Waals surface area (Å²) in [6.45, 7) is 3.61. The Morgan fingerprint density at radius 1 is 0.625 bits per heavy atom. The zero-order chi connectivity index (χ0) is 29.1. The van der Waals surface area contributed by atoms with E-state index in [1.165, 1.54) is 14.2 Å². The number of ether oxygens (including phenoxy) is 2. The molecule has 4 amide bonds. The van der Waals surface area contributed by atoms with Gasteiger partial charge in [-0.05, 0) is 42.2 Å². The molecule has 0 saturated carbocycles. The fourth-order valence-corrected chi connectivity index (χ4v) is 4.13. The lowest BCUT2D eigenvalue weighted by Gasteiger charge is -2.20. The van der Waals surface area contributed by atoms with Gasteiger partial charge >= 0.3 is 24.0 Å². The van der Waals surface area contributed by atoms with Crippen LogP contribution in [-0.4, -0.2) is 50.3 Å². The second-order valence-electron chi connectivity index (χ2n) is 9.21. The number of benzene rings is 3. The molecule has 10 heteroatoms. The highest BCUT2D eigenvalue weighted by Crippen LogP contribution is 2.25. The average Bonchev–Trinajstić information content (AvgIpc) is 2.95. The molecule has 0 fully saturated rings. The van der Waals surface area contributed by atoms with E-state index in [9.17, 15) is 19.2 Å². The van der Waals surface area contributed by atoms with Gasteiger partial charge in [0.15, 0.2) is 0 Å². The van der Waals surface area contributed by atoms with E-state index in [-0.39, 0.29) is 12.8 Å². The number of rotatable bonds is 10. The highest BCUT2D eigenvalue weighted by atomic mass is 16.5. The van der Waals surface area contributed by atoms with E-state index < -0.39 is 36.1 Å². The summed E-state index contributed by atoms with van der Waals surface area (Å²) in [7, 11) is 2.52. The minimum Gasteiger partial charge on any atom is -0.467 e. The highest BCUT2D eigenvalue weighted by Gasteiger charge is 2.24. The number of urea groups is 2. The van der Waals surface area contributed by atoms with Gasteiger partial charge in [-0.1, -0.05) is 66.7 Å². The molecule has 1 unspecified atom stereocenters. The summed E-state index contributed by atoms with van der Waals surface area (Å²) < 4.78 is 9.73. The van der Waals surface area contributed by atoms with E-state index in [2.05, 4.69) is 21.3 Å². The lowest BCUT2D eigenvalue weighted by molar-refractivity contribution is -0.143. The lowest BCUT2D eigenvalue weighted by Crippen LogP contribution is -2.45. The number of carbonyl (C=O) groups excluding carboxylic acids is 4. The first-order chi connectivity index (χ1) is 19.2. The van der Waals surface area contributed by atoms with Crippen molar-refractivity contribution >= 4 is 35.4 Å². The molecule has 0 aliphatic carbocycles. The van der Waals surface area contributed by atoms with Crippen molar-refractivity contribution in [3.63, 3.8) is 0 Å². The standard InChI is InChI=1S/C30H34N4O6/c1-19-15-20(2)24(32-30(38)34-26(28(36)40-4)17-22-13-9-6-10-14-22)18-23(19)31-29(37)33-25(27(35)39-3)16-21-11-7-5-8-12-21/h5-15,18,25-26H,16-17H2,1-4H3,(H2,31,33,37)(H2,32,34,38)/t25-,26?/m0/s1. The molecule has 0 aliphatic rings. The summed E-state index contributed by atoms with van der Waals surface area (Å²) >= 11 is 0. The molecule has 0 heterocycles. The smallest absolute Gasteiger partial charge is 0.328 e. The van der Waals surface area contributed by atoms with Gasteiger partial charge in [0, 0.05) is 24.2 Å². The minimum absolute atomic E-state index is 0.255. The molecule has 3 rings (SSSR count). The number of carbonyl (C=O) groups is 4. The summed E-state index contributed by atoms with van der Waals surface area (Å²) in [4.78, 5) is 50.3. The molecule has 210 valence electrons. The second kappa shape index (κ2) is 14.3. The first kappa shape index (κ1) is 29.7. The van der Waals surface area contributed by atoms with Crippen molar-refractivity contribution in [2.24, 2.45) is 0 Å². The van der Waals surface area contributed by atoms with Crippen LogP contribution in [0.3, 0.4) is 0 Å². The highest BCUT2D eigenvalue weighted by molar-refractivity contribution is 5.96. The Kier molecular flexibility index (Phi) is 10.6. The van der Waals surface area contributed by atoms with Gasteiger partial charge in [-0.25, -0.2) is 19.2 Å². The normalized spacial score (nSPS) is 11.9. The van der Waals surface area contributed by atoms with Gasteiger partial charge in [-0.2, -0.15) is 0 Å². The minimum atomic E-state index is -0.901. The monoisotopic (exact) mass is 546 g/mol. The van der Waals surface area contributed by atoms with Gasteiger partial charge in [0.25, 0.3) is 0 Å². The Bertz CT molecular complexity index is 1230. The number of aryl methyl sites for hydroxylation is 2. The molecule has 0 bridgehead atoms. The van der Waals surface area contributed by atoms with Gasteiger partial charge in [0.1, 0.15) is 12.1 Å². The summed E-state index contributed by atoms with van der Waals surface area (Å²) in [6, 6.07) is 18.9. The van der Waals surface area contributed by atoms with Crippen LogP contribution in [0.1, 0.15) is 22.3 Å². The van der Waals surface area contributed by atoms with Gasteiger partial charge in [-0.3, -0.25) is 0 Å². The summed E-state index contributed by atoms with van der Waals surface area (Å²) in [5.74, 6) is -1.15. The van der Waals surface area contributed by atoms with Crippen molar-refractivity contribution in [2.75, 3.05) is 24.9 Å². The van der Waals surface area contributed by atoms with E-state index in [0.717, 1.165) is 22.3 Å². The van der Waals surface area contributed by atoms with Crippen LogP contribution in [0.15, 0.2) is 72.8 Å². The number of esters is 2. The molecule has 2 atom stereocenters. The van der Waals surface area contributed by atoms with Crippen LogP contribution in [0.2, 0.25) is 0 Å². The van der Waals surface area contributed by atoms with Crippen LogP contribution < -0.4 is 21.3 Å². The van der Waals surface area contributed by atoms with Gasteiger partial charge in [-0.15, -0.1) is 0 Å². The number of nitrogens with one attached hydrogen (secondary N) is 4. The van der Waals surface area contributed by atoms with Gasteiger partial charge in [0.2, 0.25) is 0 Å². The maximum Gasteiger partial charge on any atom is 0.328 e. The molecule has 0 saturated heterocycles. The zero-order valence-electron chi connectivity index (χ0n) is 22.9. The second-order valence-corrected chi connectivity index (χ2v) is 9.21. The number of anilines is 2. The van der Waals surface area contributed by atoms with Crippen LogP contribution in [-0.2, 0) is 31.9 Å². The molecule has 4 N–H and O–H groups in total. The van der Waals surface area contributed by atoms with Crippen molar-refractivity contribution in [1.82, 2.24) is 10.6 Å². The third kappa shape index (κ3) is 8.59. The fourth-order valence-electron chi connectivity index (χ4n) is 4.13.